The van der Waals surface area contributed by atoms with E-state index in [9.17, 15) is 9.90 Å². The number of nitrogens with zero attached hydrogens (tertiary/aromatic N) is 2. The van der Waals surface area contributed by atoms with E-state index in [0.717, 1.165) is 0 Å². The summed E-state index contributed by atoms with van der Waals surface area (Å²) in [5, 5.41) is 10.2. The van der Waals surface area contributed by atoms with Gasteiger partial charge in [-0.2, -0.15) is 0 Å². The lowest BCUT2D eigenvalue weighted by Gasteiger charge is -2.14. The zero-order valence-corrected chi connectivity index (χ0v) is 11.1. The second-order valence-electron chi connectivity index (χ2n) is 4.28. The number of aromatic nitrogens is 2. The Labute approximate surface area is 111 Å². The van der Waals surface area contributed by atoms with Crippen molar-refractivity contribution in [1.29, 1.82) is 0 Å². The van der Waals surface area contributed by atoms with Crippen molar-refractivity contribution in [3.63, 3.8) is 0 Å². The lowest BCUT2D eigenvalue weighted by Crippen LogP contribution is -2.25. The van der Waals surface area contributed by atoms with Gasteiger partial charge in [0.25, 0.3) is 0 Å². The summed E-state index contributed by atoms with van der Waals surface area (Å²) in [6.07, 6.45) is 2.63. The third kappa shape index (κ3) is 2.71. The van der Waals surface area contributed by atoms with E-state index in [1.54, 1.807) is 36.2 Å². The molecule has 0 spiro atoms. The quantitative estimate of drug-likeness (QED) is 0.886. The number of ether oxygens (including phenoxy) is 1. The number of para-hydroxylation sites is 1. The van der Waals surface area contributed by atoms with Gasteiger partial charge in [0.1, 0.15) is 11.9 Å². The van der Waals surface area contributed by atoms with Crippen LogP contribution in [0, 0.1) is 0 Å². The van der Waals surface area contributed by atoms with Gasteiger partial charge >= 0.3 is 5.69 Å². The standard InChI is InChI=1S/C14H18N2O3/c1-3-15-8-9-16(14(15)18)10-12(17)11-6-4-5-7-13(11)19-2/h4-9,12,17H,3,10H2,1-2H3. The Morgan fingerprint density at radius 1 is 1.26 bits per heavy atom. The Kier molecular flexibility index (Phi) is 4.06. The highest BCUT2D eigenvalue weighted by Gasteiger charge is 2.14. The first-order valence-electron chi connectivity index (χ1n) is 6.24. The number of hydrogen-bond donors (Lipinski definition) is 1. The minimum absolute atomic E-state index is 0.114. The maximum atomic E-state index is 11.9. The molecule has 5 nitrogen and oxygen atoms in total. The summed E-state index contributed by atoms with van der Waals surface area (Å²) in [4.78, 5) is 11.9. The van der Waals surface area contributed by atoms with Crippen LogP contribution in [0.25, 0.3) is 0 Å². The molecule has 0 aliphatic carbocycles. The van der Waals surface area contributed by atoms with Crippen LogP contribution in [-0.4, -0.2) is 21.4 Å². The highest BCUT2D eigenvalue weighted by molar-refractivity contribution is 5.34. The van der Waals surface area contributed by atoms with Crippen LogP contribution in [0.15, 0.2) is 41.5 Å². The monoisotopic (exact) mass is 262 g/mol. The Morgan fingerprint density at radius 2 is 1.95 bits per heavy atom. The number of hydrogen-bond acceptors (Lipinski definition) is 3. The van der Waals surface area contributed by atoms with Gasteiger partial charge in [0.05, 0.1) is 13.7 Å². The van der Waals surface area contributed by atoms with Crippen LogP contribution in [0.5, 0.6) is 5.75 Å². The van der Waals surface area contributed by atoms with E-state index < -0.39 is 6.10 Å². The van der Waals surface area contributed by atoms with Crippen molar-refractivity contribution in [2.45, 2.75) is 26.1 Å². The zero-order chi connectivity index (χ0) is 13.8. The van der Waals surface area contributed by atoms with Gasteiger partial charge in [0.2, 0.25) is 0 Å². The summed E-state index contributed by atoms with van der Waals surface area (Å²) in [6.45, 7) is 2.74. The van der Waals surface area contributed by atoms with Gasteiger partial charge < -0.3 is 9.84 Å². The average molecular weight is 262 g/mol. The van der Waals surface area contributed by atoms with Crippen LogP contribution in [0.1, 0.15) is 18.6 Å². The van der Waals surface area contributed by atoms with Gasteiger partial charge in [-0.3, -0.25) is 9.13 Å². The first kappa shape index (κ1) is 13.4. The zero-order valence-electron chi connectivity index (χ0n) is 11.1. The maximum Gasteiger partial charge on any atom is 0.328 e. The molecule has 0 amide bonds. The van der Waals surface area contributed by atoms with Crippen molar-refractivity contribution in [2.75, 3.05) is 7.11 Å². The molecule has 1 N–H and O–H groups in total. The topological polar surface area (TPSA) is 56.4 Å². The molecule has 1 atom stereocenters. The molecule has 0 aliphatic heterocycles. The van der Waals surface area contributed by atoms with Crippen LogP contribution in [0.3, 0.4) is 0 Å². The van der Waals surface area contributed by atoms with Gasteiger partial charge in [0.15, 0.2) is 0 Å². The van der Waals surface area contributed by atoms with Crippen LogP contribution < -0.4 is 10.4 Å². The van der Waals surface area contributed by atoms with Crippen molar-refractivity contribution in [3.05, 3.63) is 52.7 Å². The summed E-state index contributed by atoms with van der Waals surface area (Å²) in [5.74, 6) is 0.623. The fourth-order valence-electron chi connectivity index (χ4n) is 2.06. The maximum absolute atomic E-state index is 11.9. The third-order valence-corrected chi connectivity index (χ3v) is 3.13. The minimum Gasteiger partial charge on any atom is -0.496 e. The van der Waals surface area contributed by atoms with Gasteiger partial charge in [0, 0.05) is 24.5 Å². The third-order valence-electron chi connectivity index (χ3n) is 3.13. The van der Waals surface area contributed by atoms with E-state index in [0.29, 0.717) is 17.9 Å². The molecule has 0 radical (unpaired) electrons. The summed E-state index contributed by atoms with van der Waals surface area (Å²) < 4.78 is 8.30. The number of imidazole rings is 1. The summed E-state index contributed by atoms with van der Waals surface area (Å²) in [6, 6.07) is 7.26. The molecule has 0 saturated heterocycles. The molecular formula is C14H18N2O3. The number of rotatable bonds is 5. The Hall–Kier alpha value is -2.01. The first-order valence-corrected chi connectivity index (χ1v) is 6.24. The molecule has 19 heavy (non-hydrogen) atoms. The van der Waals surface area contributed by atoms with E-state index in [2.05, 4.69) is 0 Å². The molecule has 0 bridgehead atoms. The molecule has 2 rings (SSSR count). The smallest absolute Gasteiger partial charge is 0.328 e. The highest BCUT2D eigenvalue weighted by Crippen LogP contribution is 2.25. The van der Waals surface area contributed by atoms with Crippen molar-refractivity contribution in [1.82, 2.24) is 9.13 Å². The summed E-state index contributed by atoms with van der Waals surface area (Å²) >= 11 is 0. The second kappa shape index (κ2) is 5.75. The number of aliphatic hydroxyl groups excluding tert-OH is 1. The molecule has 0 saturated carbocycles. The van der Waals surface area contributed by atoms with E-state index in [4.69, 9.17) is 4.74 Å². The molecule has 1 heterocycles. The Balaban J connectivity index is 2.23. The minimum atomic E-state index is -0.776. The lowest BCUT2D eigenvalue weighted by molar-refractivity contribution is 0.151. The van der Waals surface area contributed by atoms with Gasteiger partial charge in [-0.1, -0.05) is 18.2 Å². The van der Waals surface area contributed by atoms with Crippen molar-refractivity contribution in [3.8, 4) is 5.75 Å². The largest absolute Gasteiger partial charge is 0.496 e. The molecule has 0 aliphatic rings. The van der Waals surface area contributed by atoms with Crippen LogP contribution in [0.4, 0.5) is 0 Å². The molecule has 5 heteroatoms. The molecule has 2 aromatic rings. The van der Waals surface area contributed by atoms with Crippen molar-refractivity contribution in [2.24, 2.45) is 0 Å². The molecule has 1 aromatic heterocycles. The lowest BCUT2D eigenvalue weighted by atomic mass is 10.1. The van der Waals surface area contributed by atoms with Gasteiger partial charge in [-0.25, -0.2) is 4.79 Å². The molecular weight excluding hydrogens is 244 g/mol. The van der Waals surface area contributed by atoms with Gasteiger partial charge in [-0.05, 0) is 13.0 Å². The summed E-state index contributed by atoms with van der Waals surface area (Å²) in [7, 11) is 1.56. The van der Waals surface area contributed by atoms with E-state index in [1.807, 2.05) is 19.1 Å². The van der Waals surface area contributed by atoms with Crippen LogP contribution >= 0.6 is 0 Å². The average Bonchev–Trinajstić information content (AvgIpc) is 2.79. The van der Waals surface area contributed by atoms with E-state index >= 15 is 0 Å². The predicted molar refractivity (Wildman–Crippen MR) is 72.3 cm³/mol. The number of benzene rings is 1. The normalized spacial score (nSPS) is 12.4. The Morgan fingerprint density at radius 3 is 2.58 bits per heavy atom. The Bertz CT molecular complexity index is 601. The van der Waals surface area contributed by atoms with Crippen LogP contribution in [0.2, 0.25) is 0 Å². The van der Waals surface area contributed by atoms with E-state index in [1.165, 1.54) is 4.57 Å². The molecule has 1 unspecified atom stereocenters. The summed E-state index contributed by atoms with van der Waals surface area (Å²) in [5.41, 5.74) is 0.567. The fraction of sp³-hybridized carbons (Fsp3) is 0.357. The number of methoxy groups -OCH3 is 1. The SMILES string of the molecule is CCn1ccn(CC(O)c2ccccc2OC)c1=O. The second-order valence-corrected chi connectivity index (χ2v) is 4.28. The molecule has 1 aromatic carbocycles. The van der Waals surface area contributed by atoms with Crippen LogP contribution in [-0.2, 0) is 13.1 Å². The highest BCUT2D eigenvalue weighted by atomic mass is 16.5. The van der Waals surface area contributed by atoms with Crippen molar-refractivity contribution >= 4 is 0 Å². The fourth-order valence-corrected chi connectivity index (χ4v) is 2.06. The van der Waals surface area contributed by atoms with Crippen molar-refractivity contribution < 1.29 is 9.84 Å². The predicted octanol–water partition coefficient (Wildman–Crippen LogP) is 1.41. The molecule has 102 valence electrons. The number of aryl methyl sites for hydroxylation is 1. The molecule has 0 fully saturated rings. The first-order chi connectivity index (χ1) is 9.17. The van der Waals surface area contributed by atoms with Gasteiger partial charge in [-0.15, -0.1) is 0 Å². The van der Waals surface area contributed by atoms with E-state index in [-0.39, 0.29) is 12.2 Å². The number of aliphatic hydroxyl groups is 1.